The molecular formula is C23H20N2O3S. The minimum absolute atomic E-state index is 0.0857. The van der Waals surface area contributed by atoms with E-state index in [0.717, 1.165) is 26.4 Å². The zero-order chi connectivity index (χ0) is 20.2. The molecule has 0 saturated carbocycles. The van der Waals surface area contributed by atoms with Crippen molar-refractivity contribution in [2.45, 2.75) is 6.92 Å². The first-order valence-corrected chi connectivity index (χ1v) is 9.97. The highest BCUT2D eigenvalue weighted by Crippen LogP contribution is 2.31. The maximum absolute atomic E-state index is 12.3. The average Bonchev–Trinajstić information content (AvgIpc) is 3.17. The van der Waals surface area contributed by atoms with Gasteiger partial charge in [-0.1, -0.05) is 18.2 Å². The summed E-state index contributed by atoms with van der Waals surface area (Å²) in [6, 6.07) is 21.3. The Labute approximate surface area is 172 Å². The molecule has 1 aromatic heterocycles. The molecule has 0 aliphatic rings. The Balaban J connectivity index is 1.39. The molecule has 1 heterocycles. The summed E-state index contributed by atoms with van der Waals surface area (Å²) in [5.41, 5.74) is 3.68. The maximum Gasteiger partial charge on any atom is 0.262 e. The molecule has 0 unspecified atom stereocenters. The lowest BCUT2D eigenvalue weighted by molar-refractivity contribution is -0.118. The van der Waals surface area contributed by atoms with Crippen LogP contribution in [0.25, 0.3) is 20.8 Å². The Hall–Kier alpha value is -3.38. The van der Waals surface area contributed by atoms with Gasteiger partial charge in [-0.2, -0.15) is 0 Å². The zero-order valence-corrected chi connectivity index (χ0v) is 17.0. The summed E-state index contributed by atoms with van der Waals surface area (Å²) < 4.78 is 12.1. The predicted octanol–water partition coefficient (Wildman–Crippen LogP) is 5.30. The van der Waals surface area contributed by atoms with Crippen LogP contribution < -0.4 is 14.8 Å². The van der Waals surface area contributed by atoms with Gasteiger partial charge in [0.1, 0.15) is 16.5 Å². The molecule has 1 N–H and O–H groups in total. The van der Waals surface area contributed by atoms with Gasteiger partial charge in [-0.3, -0.25) is 4.79 Å². The molecule has 0 saturated heterocycles. The van der Waals surface area contributed by atoms with Crippen LogP contribution in [0.1, 0.15) is 5.56 Å². The van der Waals surface area contributed by atoms with E-state index in [1.807, 2.05) is 67.6 Å². The molecule has 146 valence electrons. The Kier molecular flexibility index (Phi) is 5.44. The molecule has 0 bridgehead atoms. The number of rotatable bonds is 6. The summed E-state index contributed by atoms with van der Waals surface area (Å²) in [5, 5.41) is 3.79. The van der Waals surface area contributed by atoms with Crippen molar-refractivity contribution in [2.24, 2.45) is 0 Å². The number of benzene rings is 3. The molecule has 0 fully saturated rings. The lowest BCUT2D eigenvalue weighted by Crippen LogP contribution is -2.20. The standard InChI is InChI=1S/C23H20N2O3S/c1-15-7-12-20(27-2)19(13-15)24-22(26)14-28-17-10-8-16(9-11-17)23-25-18-5-3-4-6-21(18)29-23/h3-13H,14H2,1-2H3,(H,24,26). The highest BCUT2D eigenvalue weighted by Gasteiger charge is 2.10. The molecule has 0 radical (unpaired) electrons. The number of anilines is 1. The number of thiazole rings is 1. The number of hydrogen-bond donors (Lipinski definition) is 1. The molecule has 29 heavy (non-hydrogen) atoms. The van der Waals surface area contributed by atoms with E-state index in [1.165, 1.54) is 0 Å². The number of nitrogens with zero attached hydrogens (tertiary/aromatic N) is 1. The van der Waals surface area contributed by atoms with Gasteiger partial charge in [-0.25, -0.2) is 4.98 Å². The molecule has 0 aliphatic heterocycles. The summed E-state index contributed by atoms with van der Waals surface area (Å²) >= 11 is 1.65. The van der Waals surface area contributed by atoms with Crippen LogP contribution in [0.15, 0.2) is 66.7 Å². The number of nitrogens with one attached hydrogen (secondary N) is 1. The Morgan fingerprint density at radius 2 is 1.86 bits per heavy atom. The van der Waals surface area contributed by atoms with E-state index < -0.39 is 0 Å². The van der Waals surface area contributed by atoms with Gasteiger partial charge >= 0.3 is 0 Å². The van der Waals surface area contributed by atoms with Crippen molar-refractivity contribution < 1.29 is 14.3 Å². The molecule has 4 rings (SSSR count). The van der Waals surface area contributed by atoms with Gasteiger partial charge in [0.2, 0.25) is 0 Å². The van der Waals surface area contributed by atoms with Gasteiger partial charge in [0.25, 0.3) is 5.91 Å². The first-order chi connectivity index (χ1) is 14.1. The van der Waals surface area contributed by atoms with E-state index in [-0.39, 0.29) is 12.5 Å². The van der Waals surface area contributed by atoms with Crippen LogP contribution in [0.5, 0.6) is 11.5 Å². The topological polar surface area (TPSA) is 60.5 Å². The number of amides is 1. The molecule has 5 nitrogen and oxygen atoms in total. The third-order valence-electron chi connectivity index (χ3n) is 4.39. The van der Waals surface area contributed by atoms with E-state index in [1.54, 1.807) is 18.4 Å². The lowest BCUT2D eigenvalue weighted by Gasteiger charge is -2.11. The van der Waals surface area contributed by atoms with Crippen molar-refractivity contribution in [3.8, 4) is 22.1 Å². The monoisotopic (exact) mass is 404 g/mol. The highest BCUT2D eigenvalue weighted by atomic mass is 32.1. The zero-order valence-electron chi connectivity index (χ0n) is 16.1. The van der Waals surface area contributed by atoms with Crippen molar-refractivity contribution in [3.63, 3.8) is 0 Å². The van der Waals surface area contributed by atoms with E-state index in [9.17, 15) is 4.79 Å². The number of fused-ring (bicyclic) bond motifs is 1. The fourth-order valence-electron chi connectivity index (χ4n) is 2.94. The summed E-state index contributed by atoms with van der Waals surface area (Å²) in [4.78, 5) is 16.9. The quantitative estimate of drug-likeness (QED) is 0.474. The maximum atomic E-state index is 12.3. The average molecular weight is 404 g/mol. The molecule has 3 aromatic carbocycles. The second-order valence-corrected chi connectivity index (χ2v) is 7.58. The second kappa shape index (κ2) is 8.32. The molecule has 0 aliphatic carbocycles. The van der Waals surface area contributed by atoms with Crippen LogP contribution in [0, 0.1) is 6.92 Å². The fraction of sp³-hybridized carbons (Fsp3) is 0.130. The van der Waals surface area contributed by atoms with Crippen LogP contribution in [-0.2, 0) is 4.79 Å². The Morgan fingerprint density at radius 1 is 1.07 bits per heavy atom. The number of aromatic nitrogens is 1. The minimum Gasteiger partial charge on any atom is -0.495 e. The third-order valence-corrected chi connectivity index (χ3v) is 5.48. The summed E-state index contributed by atoms with van der Waals surface area (Å²) in [6.45, 7) is 1.87. The number of para-hydroxylation sites is 1. The lowest BCUT2D eigenvalue weighted by atomic mass is 10.2. The van der Waals surface area contributed by atoms with Gasteiger partial charge in [0, 0.05) is 5.56 Å². The minimum atomic E-state index is -0.246. The number of carbonyl (C=O) groups excluding carboxylic acids is 1. The van der Waals surface area contributed by atoms with Crippen molar-refractivity contribution in [1.29, 1.82) is 0 Å². The Morgan fingerprint density at radius 3 is 2.62 bits per heavy atom. The second-order valence-electron chi connectivity index (χ2n) is 6.55. The van der Waals surface area contributed by atoms with Crippen molar-refractivity contribution in [2.75, 3.05) is 19.0 Å². The van der Waals surface area contributed by atoms with Crippen molar-refractivity contribution in [1.82, 2.24) is 4.98 Å². The molecule has 4 aromatic rings. The summed E-state index contributed by atoms with van der Waals surface area (Å²) in [7, 11) is 1.57. The fourth-order valence-corrected chi connectivity index (χ4v) is 3.92. The van der Waals surface area contributed by atoms with E-state index in [2.05, 4.69) is 16.4 Å². The van der Waals surface area contributed by atoms with Crippen LogP contribution in [0.3, 0.4) is 0 Å². The first kappa shape index (κ1) is 19.0. The molecule has 0 spiro atoms. The third kappa shape index (κ3) is 4.38. The first-order valence-electron chi connectivity index (χ1n) is 9.16. The largest absolute Gasteiger partial charge is 0.495 e. The van der Waals surface area contributed by atoms with E-state index >= 15 is 0 Å². The number of aryl methyl sites for hydroxylation is 1. The number of ether oxygens (including phenoxy) is 2. The van der Waals surface area contributed by atoms with Crippen molar-refractivity contribution in [3.05, 3.63) is 72.3 Å². The van der Waals surface area contributed by atoms with Crippen LogP contribution in [0.4, 0.5) is 5.69 Å². The van der Waals surface area contributed by atoms with Gasteiger partial charge in [-0.05, 0) is 61.0 Å². The van der Waals surface area contributed by atoms with Crippen LogP contribution in [-0.4, -0.2) is 24.6 Å². The van der Waals surface area contributed by atoms with Gasteiger partial charge in [0.15, 0.2) is 6.61 Å². The SMILES string of the molecule is COc1ccc(C)cc1NC(=O)COc1ccc(-c2nc3ccccc3s2)cc1. The molecule has 6 heteroatoms. The van der Waals surface area contributed by atoms with Crippen LogP contribution >= 0.6 is 11.3 Å². The van der Waals surface area contributed by atoms with Gasteiger partial charge in [0.05, 0.1) is 23.0 Å². The number of carbonyl (C=O) groups is 1. The van der Waals surface area contributed by atoms with Crippen LogP contribution in [0.2, 0.25) is 0 Å². The predicted molar refractivity (Wildman–Crippen MR) is 117 cm³/mol. The van der Waals surface area contributed by atoms with E-state index in [0.29, 0.717) is 17.2 Å². The normalized spacial score (nSPS) is 10.7. The smallest absolute Gasteiger partial charge is 0.262 e. The van der Waals surface area contributed by atoms with E-state index in [4.69, 9.17) is 9.47 Å². The number of hydrogen-bond acceptors (Lipinski definition) is 5. The van der Waals surface area contributed by atoms with Crippen molar-refractivity contribution >= 4 is 33.1 Å². The van der Waals surface area contributed by atoms with Gasteiger partial charge in [-0.15, -0.1) is 11.3 Å². The Bertz CT molecular complexity index is 1120. The summed E-state index contributed by atoms with van der Waals surface area (Å²) in [6.07, 6.45) is 0. The van der Waals surface area contributed by atoms with Gasteiger partial charge < -0.3 is 14.8 Å². The molecule has 1 amide bonds. The highest BCUT2D eigenvalue weighted by molar-refractivity contribution is 7.21. The summed E-state index contributed by atoms with van der Waals surface area (Å²) in [5.74, 6) is 0.995. The number of methoxy groups -OCH3 is 1. The molecular weight excluding hydrogens is 384 g/mol. The molecule has 0 atom stereocenters.